The zero-order chi connectivity index (χ0) is 22.2. The van der Waals surface area contributed by atoms with Crippen LogP contribution < -0.4 is 5.32 Å². The fourth-order valence-corrected chi connectivity index (χ4v) is 3.63. The number of hydrogen-bond acceptors (Lipinski definition) is 5. The first kappa shape index (κ1) is 19.7. The van der Waals surface area contributed by atoms with E-state index in [1.54, 1.807) is 17.7 Å². The number of amides is 1. The third kappa shape index (κ3) is 3.54. The van der Waals surface area contributed by atoms with E-state index in [9.17, 15) is 4.79 Å². The molecule has 0 aliphatic rings. The van der Waals surface area contributed by atoms with Crippen molar-refractivity contribution in [2.45, 2.75) is 20.8 Å². The van der Waals surface area contributed by atoms with Crippen LogP contribution in [0.2, 0.25) is 0 Å². The van der Waals surface area contributed by atoms with E-state index in [-0.39, 0.29) is 5.91 Å². The summed E-state index contributed by atoms with van der Waals surface area (Å²) in [5.74, 6) is -0.271. The first-order valence-electron chi connectivity index (χ1n) is 10.3. The number of aryl methyl sites for hydroxylation is 3. The standard InChI is InChI=1S/C25H21N5O2/c1-15-9-11-18(12-10-15)21-13-20(23-17(3)29-32-25(23)27-21)24(31)26-22-14-30(28-16(22)2)19-7-5-4-6-8-19/h4-14H,1-3H3,(H,26,31). The Balaban J connectivity index is 1.54. The van der Waals surface area contributed by atoms with Crippen molar-refractivity contribution >= 4 is 22.7 Å². The van der Waals surface area contributed by atoms with Crippen molar-refractivity contribution in [3.05, 3.63) is 89.4 Å². The lowest BCUT2D eigenvalue weighted by atomic mass is 10.0. The Morgan fingerprint density at radius 1 is 0.969 bits per heavy atom. The molecule has 7 nitrogen and oxygen atoms in total. The van der Waals surface area contributed by atoms with Gasteiger partial charge in [-0.15, -0.1) is 0 Å². The highest BCUT2D eigenvalue weighted by Crippen LogP contribution is 2.28. The van der Waals surface area contributed by atoms with Crippen molar-refractivity contribution < 1.29 is 9.32 Å². The van der Waals surface area contributed by atoms with Gasteiger partial charge in [0.2, 0.25) is 0 Å². The van der Waals surface area contributed by atoms with E-state index in [2.05, 4.69) is 20.6 Å². The van der Waals surface area contributed by atoms with Crippen LogP contribution >= 0.6 is 0 Å². The maximum atomic E-state index is 13.4. The number of anilines is 1. The van der Waals surface area contributed by atoms with Gasteiger partial charge in [0.05, 0.1) is 45.6 Å². The molecule has 0 saturated heterocycles. The number of para-hydroxylation sites is 1. The second-order valence-corrected chi connectivity index (χ2v) is 7.73. The molecule has 3 heterocycles. The minimum absolute atomic E-state index is 0.271. The smallest absolute Gasteiger partial charge is 0.259 e. The van der Waals surface area contributed by atoms with Crippen LogP contribution in [-0.2, 0) is 0 Å². The SMILES string of the molecule is Cc1ccc(-c2cc(C(=O)Nc3cn(-c4ccccc4)nc3C)c3c(C)noc3n2)cc1. The molecule has 2 aromatic carbocycles. The van der Waals surface area contributed by atoms with Gasteiger partial charge in [-0.05, 0) is 39.0 Å². The van der Waals surface area contributed by atoms with Gasteiger partial charge < -0.3 is 9.84 Å². The van der Waals surface area contributed by atoms with Crippen LogP contribution in [-0.4, -0.2) is 25.8 Å². The summed E-state index contributed by atoms with van der Waals surface area (Å²) >= 11 is 0. The number of nitrogens with one attached hydrogen (secondary N) is 1. The normalized spacial score (nSPS) is 11.1. The lowest BCUT2D eigenvalue weighted by Gasteiger charge is -2.08. The highest BCUT2D eigenvalue weighted by molar-refractivity contribution is 6.13. The summed E-state index contributed by atoms with van der Waals surface area (Å²) in [6.45, 7) is 5.69. The Bertz CT molecular complexity index is 1430. The molecule has 3 aromatic heterocycles. The number of carbonyl (C=O) groups excluding carboxylic acids is 1. The maximum absolute atomic E-state index is 13.4. The van der Waals surface area contributed by atoms with Crippen LogP contribution in [0.15, 0.2) is 71.4 Å². The first-order chi connectivity index (χ1) is 15.5. The van der Waals surface area contributed by atoms with Crippen molar-refractivity contribution in [2.75, 3.05) is 5.32 Å². The van der Waals surface area contributed by atoms with Gasteiger partial charge in [-0.2, -0.15) is 5.10 Å². The summed E-state index contributed by atoms with van der Waals surface area (Å²) < 4.78 is 7.15. The van der Waals surface area contributed by atoms with Gasteiger partial charge in [0.1, 0.15) is 0 Å². The number of carbonyl (C=O) groups is 1. The number of aromatic nitrogens is 4. The lowest BCUT2D eigenvalue weighted by Crippen LogP contribution is -2.13. The predicted molar refractivity (Wildman–Crippen MR) is 123 cm³/mol. The highest BCUT2D eigenvalue weighted by Gasteiger charge is 2.20. The second-order valence-electron chi connectivity index (χ2n) is 7.73. The predicted octanol–water partition coefficient (Wildman–Crippen LogP) is 5.25. The van der Waals surface area contributed by atoms with Crippen molar-refractivity contribution in [3.8, 4) is 16.9 Å². The van der Waals surface area contributed by atoms with Crippen molar-refractivity contribution in [1.29, 1.82) is 0 Å². The fraction of sp³-hybridized carbons (Fsp3) is 0.120. The monoisotopic (exact) mass is 423 g/mol. The Hall–Kier alpha value is -4.26. The van der Waals surface area contributed by atoms with E-state index in [0.29, 0.717) is 39.4 Å². The Morgan fingerprint density at radius 2 is 1.72 bits per heavy atom. The molecule has 0 atom stereocenters. The summed E-state index contributed by atoms with van der Waals surface area (Å²) in [6.07, 6.45) is 1.81. The van der Waals surface area contributed by atoms with Crippen LogP contribution in [0.25, 0.3) is 28.0 Å². The molecule has 0 bridgehead atoms. The van der Waals surface area contributed by atoms with E-state index in [0.717, 1.165) is 16.8 Å². The minimum Gasteiger partial charge on any atom is -0.335 e. The Labute approximate surface area is 184 Å². The van der Waals surface area contributed by atoms with Crippen molar-refractivity contribution in [3.63, 3.8) is 0 Å². The quantitative estimate of drug-likeness (QED) is 0.426. The number of benzene rings is 2. The molecule has 5 rings (SSSR count). The molecular formula is C25H21N5O2. The molecule has 5 aromatic rings. The van der Waals surface area contributed by atoms with Crippen LogP contribution in [0.5, 0.6) is 0 Å². The average molecular weight is 423 g/mol. The number of nitrogens with zero attached hydrogens (tertiary/aromatic N) is 4. The summed E-state index contributed by atoms with van der Waals surface area (Å²) in [5.41, 5.74) is 6.36. The molecule has 32 heavy (non-hydrogen) atoms. The Kier molecular flexibility index (Phi) is 4.78. The molecule has 1 amide bonds. The summed E-state index contributed by atoms with van der Waals surface area (Å²) in [4.78, 5) is 18.0. The van der Waals surface area contributed by atoms with E-state index in [4.69, 9.17) is 4.52 Å². The fourth-order valence-electron chi connectivity index (χ4n) is 3.63. The van der Waals surface area contributed by atoms with Crippen LogP contribution in [0.3, 0.4) is 0 Å². The molecule has 7 heteroatoms. The zero-order valence-corrected chi connectivity index (χ0v) is 18.0. The largest absolute Gasteiger partial charge is 0.335 e. The molecule has 158 valence electrons. The van der Waals surface area contributed by atoms with Gasteiger partial charge in [0.25, 0.3) is 11.6 Å². The summed E-state index contributed by atoms with van der Waals surface area (Å²) in [5, 5.41) is 12.1. The molecule has 0 aliphatic heterocycles. The number of hydrogen-bond donors (Lipinski definition) is 1. The topological polar surface area (TPSA) is 85.8 Å². The van der Waals surface area contributed by atoms with Gasteiger partial charge >= 0.3 is 0 Å². The molecule has 0 aliphatic carbocycles. The third-order valence-electron chi connectivity index (χ3n) is 5.38. The third-order valence-corrected chi connectivity index (χ3v) is 5.38. The zero-order valence-electron chi connectivity index (χ0n) is 18.0. The van der Waals surface area contributed by atoms with E-state index in [1.165, 1.54) is 0 Å². The molecular weight excluding hydrogens is 402 g/mol. The van der Waals surface area contributed by atoms with E-state index in [1.807, 2.05) is 74.6 Å². The molecule has 1 N–H and O–H groups in total. The van der Waals surface area contributed by atoms with Gasteiger partial charge in [-0.25, -0.2) is 9.67 Å². The second kappa shape index (κ2) is 7.77. The van der Waals surface area contributed by atoms with E-state index < -0.39 is 0 Å². The highest BCUT2D eigenvalue weighted by atomic mass is 16.5. The molecule has 0 unspecified atom stereocenters. The van der Waals surface area contributed by atoms with Gasteiger partial charge in [0.15, 0.2) is 0 Å². The maximum Gasteiger partial charge on any atom is 0.259 e. The Morgan fingerprint density at radius 3 is 2.47 bits per heavy atom. The molecule has 0 saturated carbocycles. The molecule has 0 spiro atoms. The summed E-state index contributed by atoms with van der Waals surface area (Å²) in [7, 11) is 0. The van der Waals surface area contributed by atoms with Gasteiger partial charge in [0, 0.05) is 5.56 Å². The van der Waals surface area contributed by atoms with Crippen LogP contribution in [0.1, 0.15) is 27.3 Å². The summed E-state index contributed by atoms with van der Waals surface area (Å²) in [6, 6.07) is 19.5. The lowest BCUT2D eigenvalue weighted by molar-refractivity contribution is 0.102. The van der Waals surface area contributed by atoms with Crippen LogP contribution in [0.4, 0.5) is 5.69 Å². The van der Waals surface area contributed by atoms with Gasteiger partial charge in [-0.1, -0.05) is 53.2 Å². The van der Waals surface area contributed by atoms with Crippen molar-refractivity contribution in [1.82, 2.24) is 19.9 Å². The number of rotatable bonds is 4. The first-order valence-corrected chi connectivity index (χ1v) is 10.3. The number of pyridine rings is 1. The van der Waals surface area contributed by atoms with Gasteiger partial charge in [-0.3, -0.25) is 4.79 Å². The average Bonchev–Trinajstić information content (AvgIpc) is 3.37. The molecule has 0 radical (unpaired) electrons. The molecule has 0 fully saturated rings. The van der Waals surface area contributed by atoms with Crippen molar-refractivity contribution in [2.24, 2.45) is 0 Å². The van der Waals surface area contributed by atoms with E-state index >= 15 is 0 Å². The number of fused-ring (bicyclic) bond motifs is 1. The van der Waals surface area contributed by atoms with Crippen LogP contribution in [0, 0.1) is 20.8 Å². The minimum atomic E-state index is -0.271.